The van der Waals surface area contributed by atoms with Crippen LogP contribution in [0.3, 0.4) is 0 Å². The number of benzene rings is 2. The molecular weight excluding hydrogens is 350 g/mol. The van der Waals surface area contributed by atoms with Gasteiger partial charge in [0, 0.05) is 17.6 Å². The molecule has 1 aliphatic rings. The lowest BCUT2D eigenvalue weighted by molar-refractivity contribution is 0.479. The lowest BCUT2D eigenvalue weighted by Gasteiger charge is -2.11. The summed E-state index contributed by atoms with van der Waals surface area (Å²) in [7, 11) is 0. The van der Waals surface area contributed by atoms with Gasteiger partial charge in [-0.05, 0) is 77.2 Å². The van der Waals surface area contributed by atoms with E-state index < -0.39 is 0 Å². The van der Waals surface area contributed by atoms with Crippen LogP contribution in [-0.4, -0.2) is 6.04 Å². The fourth-order valence-corrected chi connectivity index (χ4v) is 2.72. The first-order valence-corrected chi connectivity index (χ1v) is 8.25. The molecule has 1 saturated carbocycles. The molecule has 0 bridgehead atoms. The zero-order valence-electron chi connectivity index (χ0n) is 11.8. The van der Waals surface area contributed by atoms with Gasteiger partial charge in [0.2, 0.25) is 0 Å². The van der Waals surface area contributed by atoms with Gasteiger partial charge in [0.05, 0.1) is 4.47 Å². The number of rotatable bonds is 5. The van der Waals surface area contributed by atoms with Gasteiger partial charge in [-0.3, -0.25) is 0 Å². The molecule has 0 radical (unpaired) electrons. The van der Waals surface area contributed by atoms with Gasteiger partial charge < -0.3 is 10.1 Å². The fraction of sp³-hybridized carbons (Fsp3) is 0.294. The van der Waals surface area contributed by atoms with E-state index in [-0.39, 0.29) is 0 Å². The Balaban J connectivity index is 1.70. The largest absolute Gasteiger partial charge is 0.456 e. The van der Waals surface area contributed by atoms with E-state index >= 15 is 0 Å². The second kappa shape index (κ2) is 6.39. The van der Waals surface area contributed by atoms with Gasteiger partial charge in [-0.1, -0.05) is 17.7 Å². The van der Waals surface area contributed by atoms with Gasteiger partial charge in [-0.2, -0.15) is 0 Å². The second-order valence-electron chi connectivity index (χ2n) is 5.43. The summed E-state index contributed by atoms with van der Waals surface area (Å²) in [4.78, 5) is 0. The summed E-state index contributed by atoms with van der Waals surface area (Å²) in [6.07, 6.45) is 2.61. The van der Waals surface area contributed by atoms with Crippen molar-refractivity contribution in [2.75, 3.05) is 0 Å². The Morgan fingerprint density at radius 1 is 1.24 bits per heavy atom. The van der Waals surface area contributed by atoms with Crippen molar-refractivity contribution in [1.29, 1.82) is 0 Å². The molecule has 110 valence electrons. The van der Waals surface area contributed by atoms with E-state index in [0.717, 1.165) is 39.1 Å². The highest BCUT2D eigenvalue weighted by molar-refractivity contribution is 9.10. The molecule has 21 heavy (non-hydrogen) atoms. The average Bonchev–Trinajstić information content (AvgIpc) is 3.27. The van der Waals surface area contributed by atoms with Gasteiger partial charge in [-0.25, -0.2) is 0 Å². The van der Waals surface area contributed by atoms with E-state index in [0.29, 0.717) is 0 Å². The third-order valence-corrected chi connectivity index (χ3v) is 4.57. The maximum Gasteiger partial charge on any atom is 0.141 e. The third kappa shape index (κ3) is 4.00. The number of halogens is 2. The van der Waals surface area contributed by atoms with E-state index in [9.17, 15) is 0 Å². The molecule has 0 aliphatic heterocycles. The molecule has 0 unspecified atom stereocenters. The smallest absolute Gasteiger partial charge is 0.141 e. The monoisotopic (exact) mass is 365 g/mol. The Morgan fingerprint density at radius 2 is 2.05 bits per heavy atom. The van der Waals surface area contributed by atoms with Gasteiger partial charge in [0.15, 0.2) is 0 Å². The number of aryl methyl sites for hydroxylation is 1. The number of hydrogen-bond donors (Lipinski definition) is 1. The number of ether oxygens (including phenoxy) is 1. The van der Waals surface area contributed by atoms with E-state index in [1.165, 1.54) is 18.4 Å². The summed E-state index contributed by atoms with van der Waals surface area (Å²) in [6.45, 7) is 2.88. The van der Waals surface area contributed by atoms with Crippen LogP contribution in [0.5, 0.6) is 11.5 Å². The van der Waals surface area contributed by atoms with E-state index in [2.05, 4.69) is 33.4 Å². The molecule has 0 spiro atoms. The lowest BCUT2D eigenvalue weighted by Crippen LogP contribution is -2.15. The highest BCUT2D eigenvalue weighted by atomic mass is 79.9. The molecule has 2 aromatic carbocycles. The highest BCUT2D eigenvalue weighted by Crippen LogP contribution is 2.32. The molecule has 2 aromatic rings. The standard InChI is InChI=1S/C17H17BrClNO/c1-11-8-14(5-6-16(11)19)21-17-7-2-12(9-15(17)18)10-20-13-3-4-13/h2,5-9,13,20H,3-4,10H2,1H3. The molecule has 2 nitrogen and oxygen atoms in total. The molecule has 0 atom stereocenters. The molecule has 1 aliphatic carbocycles. The van der Waals surface area contributed by atoms with Crippen molar-refractivity contribution in [2.24, 2.45) is 0 Å². The molecule has 1 fully saturated rings. The van der Waals surface area contributed by atoms with Crippen LogP contribution in [0.2, 0.25) is 5.02 Å². The van der Waals surface area contributed by atoms with Crippen LogP contribution in [0.1, 0.15) is 24.0 Å². The Labute approximate surface area is 138 Å². The quantitative estimate of drug-likeness (QED) is 0.759. The molecule has 0 aromatic heterocycles. The Kier molecular flexibility index (Phi) is 4.53. The predicted molar refractivity (Wildman–Crippen MR) is 90.3 cm³/mol. The van der Waals surface area contributed by atoms with Crippen molar-refractivity contribution in [3.8, 4) is 11.5 Å². The van der Waals surface area contributed by atoms with Crippen molar-refractivity contribution < 1.29 is 4.74 Å². The topological polar surface area (TPSA) is 21.3 Å². The molecule has 0 amide bonds. The number of hydrogen-bond acceptors (Lipinski definition) is 2. The van der Waals surface area contributed by atoms with Crippen molar-refractivity contribution in [3.05, 3.63) is 57.0 Å². The summed E-state index contributed by atoms with van der Waals surface area (Å²) in [5.74, 6) is 1.60. The first kappa shape index (κ1) is 14.9. The summed E-state index contributed by atoms with van der Waals surface area (Å²) < 4.78 is 6.88. The maximum absolute atomic E-state index is 6.03. The first-order chi connectivity index (χ1) is 10.1. The SMILES string of the molecule is Cc1cc(Oc2ccc(CNC3CC3)cc2Br)ccc1Cl. The summed E-state index contributed by atoms with van der Waals surface area (Å²) >= 11 is 9.61. The van der Waals surface area contributed by atoms with Crippen LogP contribution in [-0.2, 0) is 6.54 Å². The van der Waals surface area contributed by atoms with Crippen LogP contribution in [0.4, 0.5) is 0 Å². The van der Waals surface area contributed by atoms with Crippen LogP contribution in [0, 0.1) is 6.92 Å². The van der Waals surface area contributed by atoms with Crippen molar-refractivity contribution in [2.45, 2.75) is 32.4 Å². The molecule has 1 N–H and O–H groups in total. The molecule has 3 rings (SSSR count). The summed E-state index contributed by atoms with van der Waals surface area (Å²) in [5.41, 5.74) is 2.27. The minimum Gasteiger partial charge on any atom is -0.456 e. The van der Waals surface area contributed by atoms with E-state index in [1.54, 1.807) is 0 Å². The predicted octanol–water partition coefficient (Wildman–Crippen LogP) is 5.46. The average molecular weight is 367 g/mol. The first-order valence-electron chi connectivity index (χ1n) is 7.07. The maximum atomic E-state index is 6.03. The molecule has 4 heteroatoms. The molecule has 0 heterocycles. The Morgan fingerprint density at radius 3 is 2.71 bits per heavy atom. The second-order valence-corrected chi connectivity index (χ2v) is 6.69. The van der Waals surface area contributed by atoms with Crippen molar-refractivity contribution >= 4 is 27.5 Å². The normalized spacial score (nSPS) is 14.2. The molecular formula is C17H17BrClNO. The van der Waals surface area contributed by atoms with Gasteiger partial charge in [-0.15, -0.1) is 0 Å². The van der Waals surface area contributed by atoms with Crippen LogP contribution in [0.25, 0.3) is 0 Å². The van der Waals surface area contributed by atoms with Crippen LogP contribution in [0.15, 0.2) is 40.9 Å². The van der Waals surface area contributed by atoms with Crippen LogP contribution < -0.4 is 10.1 Å². The van der Waals surface area contributed by atoms with Crippen molar-refractivity contribution in [1.82, 2.24) is 5.32 Å². The minimum atomic E-state index is 0.719. The molecule has 0 saturated heterocycles. The highest BCUT2D eigenvalue weighted by Gasteiger charge is 2.20. The van der Waals surface area contributed by atoms with E-state index in [4.69, 9.17) is 16.3 Å². The Hall–Kier alpha value is -1.03. The van der Waals surface area contributed by atoms with Gasteiger partial charge >= 0.3 is 0 Å². The van der Waals surface area contributed by atoms with Gasteiger partial charge in [0.1, 0.15) is 11.5 Å². The van der Waals surface area contributed by atoms with Crippen LogP contribution >= 0.6 is 27.5 Å². The summed E-state index contributed by atoms with van der Waals surface area (Å²) in [5, 5.41) is 4.26. The zero-order valence-corrected chi connectivity index (χ0v) is 14.2. The lowest BCUT2D eigenvalue weighted by atomic mass is 10.2. The van der Waals surface area contributed by atoms with Crippen molar-refractivity contribution in [3.63, 3.8) is 0 Å². The minimum absolute atomic E-state index is 0.719. The number of nitrogens with one attached hydrogen (secondary N) is 1. The van der Waals surface area contributed by atoms with E-state index in [1.807, 2.05) is 31.2 Å². The van der Waals surface area contributed by atoms with Gasteiger partial charge in [0.25, 0.3) is 0 Å². The zero-order chi connectivity index (χ0) is 14.8. The third-order valence-electron chi connectivity index (χ3n) is 3.53. The summed E-state index contributed by atoms with van der Waals surface area (Å²) in [6, 6.07) is 12.6. The fourth-order valence-electron chi connectivity index (χ4n) is 2.09. The Bertz CT molecular complexity index is 655.